The van der Waals surface area contributed by atoms with Crippen molar-refractivity contribution in [1.82, 2.24) is 0 Å². The lowest BCUT2D eigenvalue weighted by Gasteiger charge is -2.11. The van der Waals surface area contributed by atoms with Gasteiger partial charge < -0.3 is 5.11 Å². The molecule has 0 saturated heterocycles. The van der Waals surface area contributed by atoms with Gasteiger partial charge in [0.2, 0.25) is 0 Å². The minimum absolute atomic E-state index is 0.354. The van der Waals surface area contributed by atoms with Crippen molar-refractivity contribution in [3.05, 3.63) is 0 Å². The molecule has 2 heteroatoms. The van der Waals surface area contributed by atoms with Gasteiger partial charge in [0, 0.05) is 6.42 Å². The number of carboxylic acids is 1. The first-order valence-electron chi connectivity index (χ1n) is 6.92. The van der Waals surface area contributed by atoms with Gasteiger partial charge in [-0.2, -0.15) is 0 Å². The average molecular weight is 228 g/mol. The van der Waals surface area contributed by atoms with Crippen LogP contribution in [0.2, 0.25) is 0 Å². The van der Waals surface area contributed by atoms with Gasteiger partial charge in [-0.25, -0.2) is 0 Å². The third-order valence-electron chi connectivity index (χ3n) is 3.26. The molecule has 0 aromatic carbocycles. The monoisotopic (exact) mass is 228 g/mol. The highest BCUT2D eigenvalue weighted by Gasteiger charge is 2.10. The SMILES string of the molecule is CCCCCCCCCC(CC)CC(=O)O. The Balaban J connectivity index is 3.31. The van der Waals surface area contributed by atoms with Crippen molar-refractivity contribution in [3.63, 3.8) is 0 Å². The number of carboxylic acid groups (broad SMARTS) is 1. The third kappa shape index (κ3) is 10.0. The Morgan fingerprint density at radius 3 is 2.06 bits per heavy atom. The molecule has 0 heterocycles. The van der Waals surface area contributed by atoms with E-state index in [1.54, 1.807) is 0 Å². The Hall–Kier alpha value is -0.530. The molecule has 0 rings (SSSR count). The van der Waals surface area contributed by atoms with Crippen LogP contribution < -0.4 is 0 Å². The lowest BCUT2D eigenvalue weighted by molar-refractivity contribution is -0.138. The zero-order chi connectivity index (χ0) is 12.2. The maximum absolute atomic E-state index is 10.6. The molecule has 16 heavy (non-hydrogen) atoms. The Kier molecular flexibility index (Phi) is 10.6. The molecule has 0 aliphatic rings. The van der Waals surface area contributed by atoms with Crippen LogP contribution >= 0.6 is 0 Å². The topological polar surface area (TPSA) is 37.3 Å². The van der Waals surface area contributed by atoms with Gasteiger partial charge in [-0.1, -0.05) is 65.2 Å². The van der Waals surface area contributed by atoms with Crippen molar-refractivity contribution >= 4 is 5.97 Å². The molecule has 0 aromatic heterocycles. The molecule has 1 unspecified atom stereocenters. The summed E-state index contributed by atoms with van der Waals surface area (Å²) in [5.74, 6) is -0.247. The summed E-state index contributed by atoms with van der Waals surface area (Å²) in [7, 11) is 0. The lowest BCUT2D eigenvalue weighted by Crippen LogP contribution is -2.06. The Bertz CT molecular complexity index is 166. The van der Waals surface area contributed by atoms with Crippen LogP contribution in [0, 0.1) is 5.92 Å². The van der Waals surface area contributed by atoms with Crippen LogP contribution in [0.1, 0.15) is 78.1 Å². The summed E-state index contributed by atoms with van der Waals surface area (Å²) >= 11 is 0. The van der Waals surface area contributed by atoms with Gasteiger partial charge in [0.25, 0.3) is 0 Å². The van der Waals surface area contributed by atoms with Gasteiger partial charge in [0.15, 0.2) is 0 Å². The van der Waals surface area contributed by atoms with E-state index in [2.05, 4.69) is 13.8 Å². The van der Waals surface area contributed by atoms with Crippen molar-refractivity contribution in [2.24, 2.45) is 5.92 Å². The van der Waals surface area contributed by atoms with Gasteiger partial charge in [-0.3, -0.25) is 4.79 Å². The van der Waals surface area contributed by atoms with Crippen LogP contribution in [0.3, 0.4) is 0 Å². The van der Waals surface area contributed by atoms with Crippen molar-refractivity contribution in [2.45, 2.75) is 78.1 Å². The van der Waals surface area contributed by atoms with E-state index < -0.39 is 5.97 Å². The summed E-state index contributed by atoms with van der Waals surface area (Å²) in [4.78, 5) is 10.6. The number of hydrogen-bond donors (Lipinski definition) is 1. The summed E-state index contributed by atoms with van der Waals surface area (Å²) in [6.07, 6.45) is 11.6. The highest BCUT2D eigenvalue weighted by Crippen LogP contribution is 2.18. The second kappa shape index (κ2) is 11.0. The van der Waals surface area contributed by atoms with Crippen LogP contribution in [0.25, 0.3) is 0 Å². The smallest absolute Gasteiger partial charge is 0.303 e. The Labute approximate surface area is 100 Å². The molecule has 1 N–H and O–H groups in total. The molecule has 0 radical (unpaired) electrons. The van der Waals surface area contributed by atoms with Gasteiger partial charge in [-0.05, 0) is 12.3 Å². The van der Waals surface area contributed by atoms with E-state index in [4.69, 9.17) is 5.11 Å². The zero-order valence-corrected chi connectivity index (χ0v) is 11.0. The molecule has 0 saturated carbocycles. The number of unbranched alkanes of at least 4 members (excludes halogenated alkanes) is 6. The summed E-state index contributed by atoms with van der Waals surface area (Å²) < 4.78 is 0. The molecular weight excluding hydrogens is 200 g/mol. The molecule has 0 aliphatic carbocycles. The highest BCUT2D eigenvalue weighted by atomic mass is 16.4. The highest BCUT2D eigenvalue weighted by molar-refractivity contribution is 5.66. The minimum atomic E-state index is -0.644. The maximum Gasteiger partial charge on any atom is 0.303 e. The largest absolute Gasteiger partial charge is 0.481 e. The minimum Gasteiger partial charge on any atom is -0.481 e. The van der Waals surface area contributed by atoms with Crippen LogP contribution in [0.4, 0.5) is 0 Å². The van der Waals surface area contributed by atoms with E-state index in [-0.39, 0.29) is 0 Å². The van der Waals surface area contributed by atoms with Crippen molar-refractivity contribution in [3.8, 4) is 0 Å². The molecular formula is C14H28O2. The molecule has 0 aliphatic heterocycles. The number of hydrogen-bond acceptors (Lipinski definition) is 1. The van der Waals surface area contributed by atoms with E-state index >= 15 is 0 Å². The fourth-order valence-corrected chi connectivity index (χ4v) is 2.09. The third-order valence-corrected chi connectivity index (χ3v) is 3.26. The summed E-state index contributed by atoms with van der Waals surface area (Å²) in [5, 5.41) is 8.71. The van der Waals surface area contributed by atoms with Crippen LogP contribution in [0.15, 0.2) is 0 Å². The zero-order valence-electron chi connectivity index (χ0n) is 11.0. The van der Waals surface area contributed by atoms with E-state index in [0.717, 1.165) is 12.8 Å². The van der Waals surface area contributed by atoms with Crippen molar-refractivity contribution in [2.75, 3.05) is 0 Å². The van der Waals surface area contributed by atoms with Crippen LogP contribution in [-0.2, 0) is 4.79 Å². The first kappa shape index (κ1) is 15.5. The number of aliphatic carboxylic acids is 1. The average Bonchev–Trinajstić information content (AvgIpc) is 2.25. The first-order chi connectivity index (χ1) is 7.70. The first-order valence-corrected chi connectivity index (χ1v) is 6.92. The van der Waals surface area contributed by atoms with Gasteiger partial charge in [-0.15, -0.1) is 0 Å². The summed E-state index contributed by atoms with van der Waals surface area (Å²) in [6, 6.07) is 0. The van der Waals surface area contributed by atoms with E-state index in [1.807, 2.05) is 0 Å². The number of rotatable bonds is 11. The molecule has 0 bridgehead atoms. The predicted octanol–water partition coefficient (Wildman–Crippen LogP) is 4.63. The van der Waals surface area contributed by atoms with E-state index in [9.17, 15) is 4.79 Å². The van der Waals surface area contributed by atoms with Gasteiger partial charge in [0.05, 0.1) is 0 Å². The summed E-state index contributed by atoms with van der Waals surface area (Å²) in [5.41, 5.74) is 0. The molecule has 1 atom stereocenters. The molecule has 96 valence electrons. The van der Waals surface area contributed by atoms with Crippen LogP contribution in [-0.4, -0.2) is 11.1 Å². The van der Waals surface area contributed by atoms with Crippen molar-refractivity contribution < 1.29 is 9.90 Å². The lowest BCUT2D eigenvalue weighted by atomic mass is 9.95. The van der Waals surface area contributed by atoms with E-state index in [1.165, 1.54) is 44.9 Å². The molecule has 0 amide bonds. The Morgan fingerprint density at radius 2 is 1.56 bits per heavy atom. The predicted molar refractivity (Wildman–Crippen MR) is 68.6 cm³/mol. The quantitative estimate of drug-likeness (QED) is 0.523. The molecule has 0 fully saturated rings. The fourth-order valence-electron chi connectivity index (χ4n) is 2.09. The molecule has 2 nitrogen and oxygen atoms in total. The van der Waals surface area contributed by atoms with Crippen LogP contribution in [0.5, 0.6) is 0 Å². The second-order valence-corrected chi connectivity index (χ2v) is 4.78. The van der Waals surface area contributed by atoms with E-state index in [0.29, 0.717) is 12.3 Å². The standard InChI is InChI=1S/C14H28O2/c1-3-5-6-7-8-9-10-11-13(4-2)12-14(15)16/h13H,3-12H2,1-2H3,(H,15,16). The number of carbonyl (C=O) groups is 1. The van der Waals surface area contributed by atoms with Gasteiger partial charge >= 0.3 is 5.97 Å². The second-order valence-electron chi connectivity index (χ2n) is 4.78. The maximum atomic E-state index is 10.6. The summed E-state index contributed by atoms with van der Waals surface area (Å²) in [6.45, 7) is 4.33. The van der Waals surface area contributed by atoms with Gasteiger partial charge in [0.1, 0.15) is 0 Å². The fraction of sp³-hybridized carbons (Fsp3) is 0.929. The molecule has 0 aromatic rings. The Morgan fingerprint density at radius 1 is 1.00 bits per heavy atom. The normalized spacial score (nSPS) is 12.6. The molecule has 0 spiro atoms. The van der Waals surface area contributed by atoms with Crippen molar-refractivity contribution in [1.29, 1.82) is 0 Å².